The van der Waals surface area contributed by atoms with Gasteiger partial charge in [0.2, 0.25) is 0 Å². The molecule has 0 atom stereocenters. The van der Waals surface area contributed by atoms with Crippen LogP contribution in [0.1, 0.15) is 5.69 Å². The Morgan fingerprint density at radius 2 is 2.19 bits per heavy atom. The highest BCUT2D eigenvalue weighted by Gasteiger charge is 1.97. The standard InChI is InChI=1S/C11H10N4S/c12-11(16)15-14-7-10-9-4-2-1-3-8(9)5-6-13-10/h1-7H,(H3,12,15,16)/b14-7-. The highest BCUT2D eigenvalue weighted by atomic mass is 32.1. The van der Waals surface area contributed by atoms with E-state index in [0.717, 1.165) is 16.5 Å². The van der Waals surface area contributed by atoms with Crippen LogP contribution >= 0.6 is 12.2 Å². The molecule has 0 bridgehead atoms. The van der Waals surface area contributed by atoms with Gasteiger partial charge < -0.3 is 5.73 Å². The lowest BCUT2D eigenvalue weighted by atomic mass is 10.1. The molecule has 80 valence electrons. The Morgan fingerprint density at radius 1 is 1.38 bits per heavy atom. The van der Waals surface area contributed by atoms with Gasteiger partial charge in [0.15, 0.2) is 5.11 Å². The van der Waals surface area contributed by atoms with Gasteiger partial charge >= 0.3 is 0 Å². The first-order chi connectivity index (χ1) is 7.77. The fourth-order valence-electron chi connectivity index (χ4n) is 1.40. The first kappa shape index (κ1) is 10.5. The number of hydrogen-bond acceptors (Lipinski definition) is 3. The minimum absolute atomic E-state index is 0.136. The van der Waals surface area contributed by atoms with Gasteiger partial charge in [0.1, 0.15) is 0 Å². The normalized spacial score (nSPS) is 10.8. The molecule has 1 aromatic heterocycles. The van der Waals surface area contributed by atoms with E-state index in [9.17, 15) is 0 Å². The van der Waals surface area contributed by atoms with Crippen LogP contribution in [0.2, 0.25) is 0 Å². The molecule has 2 aromatic rings. The molecule has 2 rings (SSSR count). The SMILES string of the molecule is NC(=S)N/N=C\c1nccc2ccccc12. The second-order valence-corrected chi connectivity index (χ2v) is 3.59. The molecular weight excluding hydrogens is 220 g/mol. The zero-order valence-corrected chi connectivity index (χ0v) is 9.24. The minimum atomic E-state index is 0.136. The van der Waals surface area contributed by atoms with Gasteiger partial charge in [-0.05, 0) is 23.7 Å². The number of thiocarbonyl (C=S) groups is 1. The molecule has 5 heteroatoms. The van der Waals surface area contributed by atoms with E-state index in [0.29, 0.717) is 0 Å². The first-order valence-electron chi connectivity index (χ1n) is 4.69. The lowest BCUT2D eigenvalue weighted by molar-refractivity contribution is 1.04. The Morgan fingerprint density at radius 3 is 3.00 bits per heavy atom. The number of benzene rings is 1. The van der Waals surface area contributed by atoms with Crippen LogP contribution in [-0.2, 0) is 0 Å². The maximum atomic E-state index is 5.26. The molecule has 0 amide bonds. The van der Waals surface area contributed by atoms with Crippen molar-refractivity contribution >= 4 is 34.3 Å². The van der Waals surface area contributed by atoms with Gasteiger partial charge in [0.25, 0.3) is 0 Å². The predicted octanol–water partition coefficient (Wildman–Crippen LogP) is 1.40. The summed E-state index contributed by atoms with van der Waals surface area (Å²) in [6, 6.07) is 9.91. The smallest absolute Gasteiger partial charge is 0.184 e. The lowest BCUT2D eigenvalue weighted by Gasteiger charge is -2.00. The number of aromatic nitrogens is 1. The summed E-state index contributed by atoms with van der Waals surface area (Å²) >= 11 is 4.64. The van der Waals surface area contributed by atoms with Crippen LogP contribution in [-0.4, -0.2) is 16.3 Å². The van der Waals surface area contributed by atoms with E-state index in [4.69, 9.17) is 5.73 Å². The first-order valence-corrected chi connectivity index (χ1v) is 5.10. The van der Waals surface area contributed by atoms with E-state index in [1.54, 1.807) is 12.4 Å². The van der Waals surface area contributed by atoms with Crippen LogP contribution in [0.5, 0.6) is 0 Å². The maximum Gasteiger partial charge on any atom is 0.184 e. The molecule has 0 spiro atoms. The van der Waals surface area contributed by atoms with Gasteiger partial charge in [-0.25, -0.2) is 0 Å². The lowest BCUT2D eigenvalue weighted by Crippen LogP contribution is -2.24. The van der Waals surface area contributed by atoms with E-state index in [2.05, 4.69) is 27.7 Å². The molecule has 0 fully saturated rings. The molecule has 4 nitrogen and oxygen atoms in total. The number of nitrogens with two attached hydrogens (primary N) is 1. The van der Waals surface area contributed by atoms with Crippen molar-refractivity contribution in [1.82, 2.24) is 10.4 Å². The van der Waals surface area contributed by atoms with Crippen molar-refractivity contribution in [2.45, 2.75) is 0 Å². The van der Waals surface area contributed by atoms with Gasteiger partial charge in [0.05, 0.1) is 11.9 Å². The quantitative estimate of drug-likeness (QED) is 0.465. The summed E-state index contributed by atoms with van der Waals surface area (Å²) in [5.74, 6) is 0. The second-order valence-electron chi connectivity index (χ2n) is 3.15. The van der Waals surface area contributed by atoms with E-state index in [1.165, 1.54) is 0 Å². The molecule has 16 heavy (non-hydrogen) atoms. The molecule has 0 saturated carbocycles. The molecule has 1 heterocycles. The van der Waals surface area contributed by atoms with Crippen molar-refractivity contribution < 1.29 is 0 Å². The zero-order valence-electron chi connectivity index (χ0n) is 8.42. The summed E-state index contributed by atoms with van der Waals surface area (Å²) in [6.45, 7) is 0. The molecule has 0 aliphatic carbocycles. The van der Waals surface area contributed by atoms with Crippen LogP contribution in [0, 0.1) is 0 Å². The summed E-state index contributed by atoms with van der Waals surface area (Å²) in [5, 5.41) is 6.18. The van der Waals surface area contributed by atoms with Gasteiger partial charge in [-0.1, -0.05) is 24.3 Å². The van der Waals surface area contributed by atoms with Crippen molar-refractivity contribution in [3.63, 3.8) is 0 Å². The van der Waals surface area contributed by atoms with E-state index in [-0.39, 0.29) is 5.11 Å². The molecule has 3 N–H and O–H groups in total. The van der Waals surface area contributed by atoms with Crippen LogP contribution in [0.25, 0.3) is 10.8 Å². The summed E-state index contributed by atoms with van der Waals surface area (Å²) in [4.78, 5) is 4.23. The Labute approximate surface area is 98.2 Å². The van der Waals surface area contributed by atoms with Gasteiger partial charge in [0, 0.05) is 11.6 Å². The number of hydrogen-bond donors (Lipinski definition) is 2. The summed E-state index contributed by atoms with van der Waals surface area (Å²) in [6.07, 6.45) is 3.34. The number of nitrogens with zero attached hydrogens (tertiary/aromatic N) is 2. The third-order valence-corrected chi connectivity index (χ3v) is 2.16. The monoisotopic (exact) mass is 230 g/mol. The predicted molar refractivity (Wildman–Crippen MR) is 69.3 cm³/mol. The van der Waals surface area contributed by atoms with Gasteiger partial charge in [-0.15, -0.1) is 0 Å². The van der Waals surface area contributed by atoms with Crippen molar-refractivity contribution in [1.29, 1.82) is 0 Å². The third kappa shape index (κ3) is 2.32. The number of nitrogens with one attached hydrogen (secondary N) is 1. The van der Waals surface area contributed by atoms with Gasteiger partial charge in [-0.2, -0.15) is 5.10 Å². The average Bonchev–Trinajstić information content (AvgIpc) is 2.29. The van der Waals surface area contributed by atoms with Gasteiger partial charge in [-0.3, -0.25) is 10.4 Å². The summed E-state index contributed by atoms with van der Waals surface area (Å²) in [7, 11) is 0. The second kappa shape index (κ2) is 4.67. The Hall–Kier alpha value is -2.01. The Bertz CT molecular complexity index is 545. The van der Waals surface area contributed by atoms with Crippen LogP contribution in [0.3, 0.4) is 0 Å². The molecule has 0 unspecified atom stereocenters. The molecule has 0 aliphatic heterocycles. The van der Waals surface area contributed by atoms with E-state index >= 15 is 0 Å². The molecule has 1 aromatic carbocycles. The highest BCUT2D eigenvalue weighted by molar-refractivity contribution is 7.80. The highest BCUT2D eigenvalue weighted by Crippen LogP contribution is 2.14. The van der Waals surface area contributed by atoms with Crippen molar-refractivity contribution in [3.8, 4) is 0 Å². The summed E-state index contributed by atoms with van der Waals surface area (Å²) in [5.41, 5.74) is 8.53. The topological polar surface area (TPSA) is 63.3 Å². The molecular formula is C11H10N4S. The summed E-state index contributed by atoms with van der Waals surface area (Å²) < 4.78 is 0. The maximum absolute atomic E-state index is 5.26. The molecule has 0 aliphatic rings. The number of rotatable bonds is 2. The van der Waals surface area contributed by atoms with Crippen molar-refractivity contribution in [3.05, 3.63) is 42.2 Å². The number of fused-ring (bicyclic) bond motifs is 1. The number of pyridine rings is 1. The fourth-order valence-corrected chi connectivity index (χ4v) is 1.46. The van der Waals surface area contributed by atoms with Crippen molar-refractivity contribution in [2.75, 3.05) is 0 Å². The molecule has 0 saturated heterocycles. The Balaban J connectivity index is 2.37. The van der Waals surface area contributed by atoms with Crippen molar-refractivity contribution in [2.24, 2.45) is 10.8 Å². The van der Waals surface area contributed by atoms with Crippen LogP contribution < -0.4 is 11.2 Å². The average molecular weight is 230 g/mol. The van der Waals surface area contributed by atoms with E-state index in [1.807, 2.05) is 30.3 Å². The molecule has 0 radical (unpaired) electrons. The third-order valence-electron chi connectivity index (χ3n) is 2.07. The fraction of sp³-hybridized carbons (Fsp3) is 0. The van der Waals surface area contributed by atoms with Crippen LogP contribution in [0.15, 0.2) is 41.6 Å². The Kier molecular flexibility index (Phi) is 3.07. The zero-order chi connectivity index (χ0) is 11.4. The van der Waals surface area contributed by atoms with Crippen LogP contribution in [0.4, 0.5) is 0 Å². The largest absolute Gasteiger partial charge is 0.375 e. The van der Waals surface area contributed by atoms with E-state index < -0.39 is 0 Å². The minimum Gasteiger partial charge on any atom is -0.375 e. The number of hydrazone groups is 1.